The van der Waals surface area contributed by atoms with Crippen molar-refractivity contribution in [1.82, 2.24) is 0 Å². The summed E-state index contributed by atoms with van der Waals surface area (Å²) in [4.78, 5) is 15.8. The number of nitrogens with zero attached hydrogens (tertiary/aromatic N) is 1. The predicted molar refractivity (Wildman–Crippen MR) is 98.0 cm³/mol. The van der Waals surface area contributed by atoms with Crippen molar-refractivity contribution >= 4 is 22.9 Å². The number of ether oxygens (including phenoxy) is 1. The number of hydrogen-bond acceptors (Lipinski definition) is 3. The van der Waals surface area contributed by atoms with Gasteiger partial charge in [0.1, 0.15) is 18.2 Å². The van der Waals surface area contributed by atoms with Gasteiger partial charge in [-0.25, -0.2) is 4.39 Å². The molecule has 126 valence electrons. The zero-order chi connectivity index (χ0) is 17.6. The molecule has 0 saturated carbocycles. The van der Waals surface area contributed by atoms with E-state index in [1.54, 1.807) is 25.2 Å². The maximum Gasteiger partial charge on any atom is 0.268 e. The fourth-order valence-electron chi connectivity index (χ4n) is 2.97. The van der Waals surface area contributed by atoms with E-state index in [0.29, 0.717) is 11.5 Å². The van der Waals surface area contributed by atoms with E-state index in [-0.39, 0.29) is 11.6 Å². The topological polar surface area (TPSA) is 29.5 Å². The molecule has 0 radical (unpaired) electrons. The molecule has 2 aromatic carbocycles. The normalized spacial score (nSPS) is 12.1. The van der Waals surface area contributed by atoms with Crippen LogP contribution < -0.4 is 9.64 Å². The molecule has 0 fully saturated rings. The molecule has 3 aromatic rings. The van der Waals surface area contributed by atoms with E-state index >= 15 is 0 Å². The smallest absolute Gasteiger partial charge is 0.268 e. The standard InChI is InChI=1S/C20H16FNO2S/c1-12-7-8-17-14(9-12)19-13(11-24-17)10-18(25-19)20(23)22(2)16-6-4-3-5-15(16)21/h3-10H,11H2,1-2H3. The zero-order valence-corrected chi connectivity index (χ0v) is 14.7. The van der Waals surface area contributed by atoms with Crippen molar-refractivity contribution in [2.45, 2.75) is 13.5 Å². The second kappa shape index (κ2) is 6.01. The summed E-state index contributed by atoms with van der Waals surface area (Å²) in [5, 5.41) is 0. The highest BCUT2D eigenvalue weighted by Gasteiger charge is 2.25. The quantitative estimate of drug-likeness (QED) is 0.646. The van der Waals surface area contributed by atoms with Crippen LogP contribution in [-0.2, 0) is 6.61 Å². The van der Waals surface area contributed by atoms with Crippen LogP contribution in [-0.4, -0.2) is 13.0 Å². The molecule has 3 nitrogen and oxygen atoms in total. The molecule has 2 heterocycles. The minimum atomic E-state index is -0.413. The van der Waals surface area contributed by atoms with Gasteiger partial charge < -0.3 is 9.64 Å². The van der Waals surface area contributed by atoms with Crippen LogP contribution in [0.5, 0.6) is 5.75 Å². The fourth-order valence-corrected chi connectivity index (χ4v) is 4.13. The lowest BCUT2D eigenvalue weighted by Gasteiger charge is -2.17. The lowest BCUT2D eigenvalue weighted by Crippen LogP contribution is -2.26. The van der Waals surface area contributed by atoms with E-state index in [0.717, 1.165) is 27.3 Å². The van der Waals surface area contributed by atoms with Gasteiger partial charge in [-0.05, 0) is 37.3 Å². The van der Waals surface area contributed by atoms with Crippen molar-refractivity contribution in [3.8, 4) is 16.2 Å². The predicted octanol–water partition coefficient (Wildman–Crippen LogP) is 5.03. The van der Waals surface area contributed by atoms with Gasteiger partial charge in [0.15, 0.2) is 0 Å². The van der Waals surface area contributed by atoms with Crippen LogP contribution in [0.15, 0.2) is 48.5 Å². The van der Waals surface area contributed by atoms with Gasteiger partial charge in [0.05, 0.1) is 10.6 Å². The summed E-state index contributed by atoms with van der Waals surface area (Å²) < 4.78 is 19.8. The van der Waals surface area contributed by atoms with Gasteiger partial charge in [-0.2, -0.15) is 0 Å². The monoisotopic (exact) mass is 353 g/mol. The van der Waals surface area contributed by atoms with Gasteiger partial charge in [0.25, 0.3) is 5.91 Å². The molecule has 0 bridgehead atoms. The molecule has 0 spiro atoms. The molecule has 1 amide bonds. The number of anilines is 1. The van der Waals surface area contributed by atoms with Crippen molar-refractivity contribution < 1.29 is 13.9 Å². The van der Waals surface area contributed by atoms with Crippen molar-refractivity contribution in [1.29, 1.82) is 0 Å². The van der Waals surface area contributed by atoms with Crippen molar-refractivity contribution in [2.75, 3.05) is 11.9 Å². The highest BCUT2D eigenvalue weighted by Crippen LogP contribution is 2.43. The van der Waals surface area contributed by atoms with Crippen LogP contribution in [0.3, 0.4) is 0 Å². The third-order valence-electron chi connectivity index (χ3n) is 4.30. The van der Waals surface area contributed by atoms with E-state index in [1.165, 1.54) is 22.3 Å². The van der Waals surface area contributed by atoms with Crippen molar-refractivity contribution in [3.63, 3.8) is 0 Å². The number of thiophene rings is 1. The Morgan fingerprint density at radius 3 is 2.80 bits per heavy atom. The number of halogens is 1. The van der Waals surface area contributed by atoms with Crippen molar-refractivity contribution in [2.24, 2.45) is 0 Å². The molecule has 0 atom stereocenters. The lowest BCUT2D eigenvalue weighted by atomic mass is 10.0. The van der Waals surface area contributed by atoms with Crippen LogP contribution >= 0.6 is 11.3 Å². The number of carbonyl (C=O) groups is 1. The Labute approximate surface area is 149 Å². The van der Waals surface area contributed by atoms with E-state index in [9.17, 15) is 9.18 Å². The molecule has 0 aliphatic carbocycles. The van der Waals surface area contributed by atoms with Crippen LogP contribution in [0.1, 0.15) is 20.8 Å². The van der Waals surface area contributed by atoms with E-state index in [4.69, 9.17) is 4.74 Å². The molecule has 25 heavy (non-hydrogen) atoms. The third-order valence-corrected chi connectivity index (χ3v) is 5.50. The first-order valence-corrected chi connectivity index (χ1v) is 8.75. The fraction of sp³-hybridized carbons (Fsp3) is 0.150. The van der Waals surface area contributed by atoms with Crippen molar-refractivity contribution in [3.05, 3.63) is 70.4 Å². The lowest BCUT2D eigenvalue weighted by molar-refractivity contribution is 0.0996. The second-order valence-electron chi connectivity index (χ2n) is 6.07. The molecular weight excluding hydrogens is 337 g/mol. The highest BCUT2D eigenvalue weighted by atomic mass is 32.1. The van der Waals surface area contributed by atoms with Gasteiger partial charge >= 0.3 is 0 Å². The first-order chi connectivity index (χ1) is 12.0. The second-order valence-corrected chi connectivity index (χ2v) is 7.12. The minimum Gasteiger partial charge on any atom is -0.488 e. The zero-order valence-electron chi connectivity index (χ0n) is 13.9. The summed E-state index contributed by atoms with van der Waals surface area (Å²) in [5.74, 6) is 0.198. The summed E-state index contributed by atoms with van der Waals surface area (Å²) in [6.07, 6.45) is 0. The average molecular weight is 353 g/mol. The summed E-state index contributed by atoms with van der Waals surface area (Å²) in [5.41, 5.74) is 3.42. The SMILES string of the molecule is Cc1ccc2c(c1)-c1sc(C(=O)N(C)c3ccccc3F)cc1CO2. The number of carbonyl (C=O) groups excluding carboxylic acids is 1. The number of rotatable bonds is 2. The van der Waals surface area contributed by atoms with Crippen LogP contribution in [0, 0.1) is 12.7 Å². The Balaban J connectivity index is 1.72. The van der Waals surface area contributed by atoms with Gasteiger partial charge in [-0.15, -0.1) is 11.3 Å². The molecule has 1 aliphatic heterocycles. The minimum absolute atomic E-state index is 0.223. The largest absolute Gasteiger partial charge is 0.488 e. The Morgan fingerprint density at radius 2 is 2.00 bits per heavy atom. The number of amides is 1. The molecule has 0 unspecified atom stereocenters. The summed E-state index contributed by atoms with van der Waals surface area (Å²) in [6.45, 7) is 2.47. The molecule has 0 saturated heterocycles. The first-order valence-electron chi connectivity index (χ1n) is 7.93. The first kappa shape index (κ1) is 15.8. The van der Waals surface area contributed by atoms with Gasteiger partial charge in [-0.3, -0.25) is 4.79 Å². The number of para-hydroxylation sites is 1. The Kier molecular flexibility index (Phi) is 3.81. The average Bonchev–Trinajstić information content (AvgIpc) is 3.05. The molecule has 5 heteroatoms. The summed E-state index contributed by atoms with van der Waals surface area (Å²) in [7, 11) is 1.59. The number of fused-ring (bicyclic) bond motifs is 3. The van der Waals surface area contributed by atoms with Gasteiger partial charge in [0.2, 0.25) is 0 Å². The van der Waals surface area contributed by atoms with E-state index < -0.39 is 5.82 Å². The van der Waals surface area contributed by atoms with Gasteiger partial charge in [0, 0.05) is 23.1 Å². The summed E-state index contributed by atoms with van der Waals surface area (Å²) in [6, 6.07) is 14.2. The summed E-state index contributed by atoms with van der Waals surface area (Å²) >= 11 is 1.43. The van der Waals surface area contributed by atoms with Crippen LogP contribution in [0.2, 0.25) is 0 Å². The molecular formula is C20H16FNO2S. The number of hydrogen-bond donors (Lipinski definition) is 0. The Bertz CT molecular complexity index is 980. The molecule has 4 rings (SSSR count). The number of aryl methyl sites for hydroxylation is 1. The molecule has 0 N–H and O–H groups in total. The Morgan fingerprint density at radius 1 is 1.20 bits per heavy atom. The van der Waals surface area contributed by atoms with E-state index in [2.05, 4.69) is 6.07 Å². The van der Waals surface area contributed by atoms with Crippen LogP contribution in [0.25, 0.3) is 10.4 Å². The maximum atomic E-state index is 14.0. The third kappa shape index (κ3) is 2.70. The highest BCUT2D eigenvalue weighted by molar-refractivity contribution is 7.17. The number of benzene rings is 2. The van der Waals surface area contributed by atoms with Crippen LogP contribution in [0.4, 0.5) is 10.1 Å². The van der Waals surface area contributed by atoms with E-state index in [1.807, 2.05) is 25.1 Å². The Hall–Kier alpha value is -2.66. The van der Waals surface area contributed by atoms with Gasteiger partial charge in [-0.1, -0.05) is 23.8 Å². The maximum absolute atomic E-state index is 14.0. The molecule has 1 aromatic heterocycles. The molecule has 1 aliphatic rings.